The van der Waals surface area contributed by atoms with E-state index in [1.165, 1.54) is 30.3 Å². The lowest BCUT2D eigenvalue weighted by Gasteiger charge is -2.49. The Hall–Kier alpha value is -1.79. The molecule has 2 aromatic rings. The highest BCUT2D eigenvalue weighted by molar-refractivity contribution is 9.10. The molecule has 1 atom stereocenters. The molecular weight excluding hydrogens is 414 g/mol. The van der Waals surface area contributed by atoms with Crippen LogP contribution in [0.3, 0.4) is 0 Å². The highest BCUT2D eigenvalue weighted by atomic mass is 79.9. The molecule has 0 radical (unpaired) electrons. The van der Waals surface area contributed by atoms with E-state index < -0.39 is 0 Å². The first-order chi connectivity index (χ1) is 13.0. The van der Waals surface area contributed by atoms with Crippen LogP contribution in [0.25, 0.3) is 0 Å². The Morgan fingerprint density at radius 2 is 1.81 bits per heavy atom. The van der Waals surface area contributed by atoms with E-state index in [9.17, 15) is 13.6 Å². The van der Waals surface area contributed by atoms with Crippen LogP contribution in [0.15, 0.2) is 46.9 Å². The Morgan fingerprint density at radius 3 is 2.44 bits per heavy atom. The van der Waals surface area contributed by atoms with E-state index in [-0.39, 0.29) is 30.1 Å². The second-order valence-electron chi connectivity index (χ2n) is 7.38. The Bertz CT molecular complexity index is 835. The molecule has 3 saturated heterocycles. The molecule has 2 bridgehead atoms. The Morgan fingerprint density at radius 1 is 1.11 bits per heavy atom. The molecule has 142 valence electrons. The molecule has 3 nitrogen and oxygen atoms in total. The lowest BCUT2D eigenvalue weighted by Crippen LogP contribution is -2.58. The van der Waals surface area contributed by atoms with Gasteiger partial charge >= 0.3 is 0 Å². The summed E-state index contributed by atoms with van der Waals surface area (Å²) in [5.74, 6) is -0.446. The summed E-state index contributed by atoms with van der Waals surface area (Å²) in [4.78, 5) is 17.4. The zero-order valence-electron chi connectivity index (χ0n) is 14.9. The number of hydrogen-bond donors (Lipinski definition) is 0. The first kappa shape index (κ1) is 18.6. The minimum Gasteiger partial charge on any atom is -0.330 e. The van der Waals surface area contributed by atoms with Crippen molar-refractivity contribution >= 4 is 21.8 Å². The molecule has 3 heterocycles. The lowest BCUT2D eigenvalue weighted by atomic mass is 9.82. The van der Waals surface area contributed by atoms with Crippen molar-refractivity contribution in [2.45, 2.75) is 25.4 Å². The van der Waals surface area contributed by atoms with Crippen molar-refractivity contribution in [3.05, 3.63) is 69.7 Å². The Labute approximate surface area is 166 Å². The molecule has 0 spiro atoms. The highest BCUT2D eigenvalue weighted by Crippen LogP contribution is 2.33. The van der Waals surface area contributed by atoms with Crippen LogP contribution in [0, 0.1) is 17.6 Å². The molecule has 5 rings (SSSR count). The van der Waals surface area contributed by atoms with Crippen molar-refractivity contribution < 1.29 is 13.6 Å². The van der Waals surface area contributed by atoms with Crippen LogP contribution in [0.4, 0.5) is 8.78 Å². The van der Waals surface area contributed by atoms with Gasteiger partial charge < -0.3 is 9.80 Å². The number of fused-ring (bicyclic) bond motifs is 3. The monoisotopic (exact) mass is 434 g/mol. The largest absolute Gasteiger partial charge is 0.330 e. The quantitative estimate of drug-likeness (QED) is 0.708. The summed E-state index contributed by atoms with van der Waals surface area (Å²) in [6.07, 6.45) is 2.11. The van der Waals surface area contributed by atoms with Gasteiger partial charge in [-0.2, -0.15) is 0 Å². The lowest BCUT2D eigenvalue weighted by molar-refractivity contribution is 0.00433. The third kappa shape index (κ3) is 3.92. The van der Waals surface area contributed by atoms with E-state index in [4.69, 9.17) is 0 Å². The van der Waals surface area contributed by atoms with Crippen LogP contribution in [0.5, 0.6) is 0 Å². The number of hydrogen-bond acceptors (Lipinski definition) is 2. The molecule has 0 aliphatic carbocycles. The van der Waals surface area contributed by atoms with Crippen molar-refractivity contribution in [1.29, 1.82) is 0 Å². The predicted molar refractivity (Wildman–Crippen MR) is 103 cm³/mol. The van der Waals surface area contributed by atoms with Gasteiger partial charge in [0.05, 0.1) is 0 Å². The van der Waals surface area contributed by atoms with Crippen LogP contribution in [0.2, 0.25) is 0 Å². The summed E-state index contributed by atoms with van der Waals surface area (Å²) in [7, 11) is 0. The summed E-state index contributed by atoms with van der Waals surface area (Å²) < 4.78 is 28.5. The van der Waals surface area contributed by atoms with Gasteiger partial charge in [-0.1, -0.05) is 15.9 Å². The zero-order chi connectivity index (χ0) is 19.0. The second kappa shape index (κ2) is 7.68. The molecular formula is C21H21BrF2N2O. The average molecular weight is 435 g/mol. The van der Waals surface area contributed by atoms with E-state index in [0.29, 0.717) is 17.0 Å². The topological polar surface area (TPSA) is 23.6 Å². The highest BCUT2D eigenvalue weighted by Gasteiger charge is 2.39. The van der Waals surface area contributed by atoms with Crippen molar-refractivity contribution in [1.82, 2.24) is 9.80 Å². The van der Waals surface area contributed by atoms with E-state index >= 15 is 0 Å². The Kier molecular flexibility index (Phi) is 5.28. The summed E-state index contributed by atoms with van der Waals surface area (Å²) in [6, 6.07) is 10.4. The van der Waals surface area contributed by atoms with Crippen molar-refractivity contribution in [2.75, 3.05) is 19.6 Å². The number of carbonyl (C=O) groups is 1. The zero-order valence-corrected chi connectivity index (χ0v) is 16.5. The number of benzene rings is 2. The van der Waals surface area contributed by atoms with Crippen molar-refractivity contribution in [3.8, 4) is 0 Å². The molecule has 6 heteroatoms. The van der Waals surface area contributed by atoms with Gasteiger partial charge in [0.25, 0.3) is 5.91 Å². The fraction of sp³-hybridized carbons (Fsp3) is 0.381. The van der Waals surface area contributed by atoms with Gasteiger partial charge in [0, 0.05) is 34.7 Å². The van der Waals surface area contributed by atoms with Gasteiger partial charge in [-0.05, 0) is 74.3 Å². The number of piperidine rings is 3. The second-order valence-corrected chi connectivity index (χ2v) is 8.30. The number of halogens is 3. The smallest absolute Gasteiger partial charge is 0.254 e. The van der Waals surface area contributed by atoms with Crippen molar-refractivity contribution in [3.63, 3.8) is 0 Å². The summed E-state index contributed by atoms with van der Waals surface area (Å²) in [5, 5.41) is 0. The van der Waals surface area contributed by atoms with Crippen LogP contribution in [-0.4, -0.2) is 41.4 Å². The summed E-state index contributed by atoms with van der Waals surface area (Å²) in [6.45, 7) is 3.14. The number of nitrogens with zero attached hydrogens (tertiary/aromatic N) is 2. The van der Waals surface area contributed by atoms with E-state index in [2.05, 4.69) is 20.8 Å². The molecule has 0 saturated carbocycles. The minimum atomic E-state index is -0.376. The average Bonchev–Trinajstić information content (AvgIpc) is 2.69. The third-order valence-electron chi connectivity index (χ3n) is 5.72. The van der Waals surface area contributed by atoms with E-state index in [0.717, 1.165) is 36.9 Å². The molecule has 0 aromatic heterocycles. The van der Waals surface area contributed by atoms with Crippen molar-refractivity contribution in [2.24, 2.45) is 5.92 Å². The molecule has 3 aliphatic heterocycles. The minimum absolute atomic E-state index is 0.0448. The molecule has 2 aromatic carbocycles. The van der Waals surface area contributed by atoms with Gasteiger partial charge in [0.2, 0.25) is 0 Å². The van der Waals surface area contributed by atoms with Gasteiger partial charge in [-0.25, -0.2) is 8.78 Å². The molecule has 3 aliphatic rings. The van der Waals surface area contributed by atoms with Crippen LogP contribution in [0.1, 0.15) is 28.8 Å². The molecule has 27 heavy (non-hydrogen) atoms. The van der Waals surface area contributed by atoms with E-state index in [1.54, 1.807) is 17.0 Å². The van der Waals surface area contributed by atoms with Crippen LogP contribution < -0.4 is 0 Å². The summed E-state index contributed by atoms with van der Waals surface area (Å²) >= 11 is 3.38. The van der Waals surface area contributed by atoms with Gasteiger partial charge in [-0.15, -0.1) is 0 Å². The molecule has 0 N–H and O–H groups in total. The Balaban J connectivity index is 1.67. The maximum Gasteiger partial charge on any atom is 0.254 e. The maximum absolute atomic E-state index is 14.4. The predicted octanol–water partition coefficient (Wildman–Crippen LogP) is 4.46. The fourth-order valence-corrected chi connectivity index (χ4v) is 4.64. The van der Waals surface area contributed by atoms with Gasteiger partial charge in [0.1, 0.15) is 11.6 Å². The van der Waals surface area contributed by atoms with Crippen LogP contribution >= 0.6 is 15.9 Å². The number of carbonyl (C=O) groups excluding carboxylic acids is 1. The fourth-order valence-electron chi connectivity index (χ4n) is 4.23. The van der Waals surface area contributed by atoms with Gasteiger partial charge in [-0.3, -0.25) is 4.79 Å². The SMILES string of the molecule is O=C(c1ccc(F)cc1)N(Cc1cc(Br)ccc1F)C1CN2CCC1CC2. The van der Waals surface area contributed by atoms with Gasteiger partial charge in [0.15, 0.2) is 0 Å². The molecule has 3 fully saturated rings. The summed E-state index contributed by atoms with van der Waals surface area (Å²) in [5.41, 5.74) is 0.916. The number of amides is 1. The third-order valence-corrected chi connectivity index (χ3v) is 6.22. The maximum atomic E-state index is 14.4. The van der Waals surface area contributed by atoms with E-state index in [1.807, 2.05) is 0 Å². The molecule has 1 amide bonds. The normalized spacial score (nSPS) is 24.0. The first-order valence-corrected chi connectivity index (χ1v) is 10.0. The molecule has 1 unspecified atom stereocenters. The van der Waals surface area contributed by atoms with Crippen LogP contribution in [-0.2, 0) is 6.54 Å². The first-order valence-electron chi connectivity index (χ1n) is 9.24. The standard InChI is InChI=1S/C21H21BrF2N2O/c22-17-3-6-19(24)16(11-17)12-26(20-13-25-9-7-14(20)8-10-25)21(27)15-1-4-18(23)5-2-15/h1-6,11,14,20H,7-10,12-13H2. The number of rotatable bonds is 4.